The number of aliphatic imine (C=N–C) groups is 4. The number of benzene rings is 3. The van der Waals surface area contributed by atoms with Gasteiger partial charge in [0.1, 0.15) is 17.2 Å². The number of nitrogens with two attached hydrogens (primary N) is 2. The number of rotatable bonds is 4. The minimum atomic E-state index is -0.245. The molecule has 0 atom stereocenters. The van der Waals surface area contributed by atoms with Crippen LogP contribution in [0.2, 0.25) is 0 Å². The Labute approximate surface area is 356 Å². The Balaban J connectivity index is -0.000000864. The molecule has 11 nitrogen and oxygen atoms in total. The van der Waals surface area contributed by atoms with Gasteiger partial charge in [0.25, 0.3) is 0 Å². The van der Waals surface area contributed by atoms with Gasteiger partial charge in [-0.05, 0) is 99.8 Å². The van der Waals surface area contributed by atoms with Crippen molar-refractivity contribution in [2.75, 3.05) is 39.3 Å². The molecule has 3 aromatic rings. The number of aryl methyl sites for hydroxylation is 3. The summed E-state index contributed by atoms with van der Waals surface area (Å²) in [5.74, 6) is 0.114. The van der Waals surface area contributed by atoms with Gasteiger partial charge >= 0.3 is 33.2 Å². The molecule has 4 bridgehead atoms. The molecular weight excluding hydrogens is 903 g/mol. The number of aromatic hydroxyl groups is 3. The van der Waals surface area contributed by atoms with Gasteiger partial charge in [-0.2, -0.15) is 0 Å². The van der Waals surface area contributed by atoms with Gasteiger partial charge in [-0.1, -0.05) is 0 Å². The van der Waals surface area contributed by atoms with E-state index in [-0.39, 0.29) is 61.9 Å². The minimum Gasteiger partial charge on any atom is 0 e. The number of aldehydes is 2. The molecule has 1 heterocycles. The van der Waals surface area contributed by atoms with Crippen LogP contribution in [0.1, 0.15) is 72.5 Å². The van der Waals surface area contributed by atoms with Gasteiger partial charge in [-0.15, -0.1) is 0 Å². The van der Waals surface area contributed by atoms with Crippen LogP contribution in [-0.4, -0.2) is 92.0 Å². The number of nitrogens with zero attached hydrogens (tertiary/aromatic N) is 4. The van der Waals surface area contributed by atoms with Crippen molar-refractivity contribution < 1.29 is 71.4 Å². The summed E-state index contributed by atoms with van der Waals surface area (Å²) in [5, 5.41) is 30.2. The van der Waals surface area contributed by atoms with Crippen molar-refractivity contribution in [2.24, 2.45) is 31.4 Å². The minimum absolute atomic E-state index is 0. The zero-order chi connectivity index (χ0) is 38.6. The average Bonchev–Trinajstić information content (AvgIpc) is 3.11. The van der Waals surface area contributed by atoms with Crippen LogP contribution in [-0.2, 0) is 46.5 Å². The summed E-state index contributed by atoms with van der Waals surface area (Å²) in [6.45, 7) is 9.31. The Kier molecular flexibility index (Phi) is 35.5. The van der Waals surface area contributed by atoms with Crippen LogP contribution >= 0.6 is 42.0 Å². The normalized spacial score (nSPS) is 11.6. The van der Waals surface area contributed by atoms with E-state index in [1.807, 2.05) is 38.1 Å². The maximum Gasteiger partial charge on any atom is 0 e. The van der Waals surface area contributed by atoms with E-state index in [9.17, 15) is 24.9 Å². The second kappa shape index (κ2) is 34.2. The van der Waals surface area contributed by atoms with Crippen LogP contribution in [0, 0.1) is 20.8 Å². The number of carbonyl (C=O) groups excluding carboxylic acids is 2. The third-order valence-electron chi connectivity index (χ3n) is 6.46. The van der Waals surface area contributed by atoms with Gasteiger partial charge < -0.3 is 26.8 Å². The SMILES string of the molecule is Cc1cc(C=O)c(O)c(C=O)c1.Cc1cc2c(O)c(c1)C=NCCN=Cc1cc(C)cc(c1O)C=NCCCN=C2.ClCl.NCCCN.[Cl][Co][Cl].[Co].[Co]. The molecule has 53 heavy (non-hydrogen) atoms. The fourth-order valence-corrected chi connectivity index (χ4v) is 4.22. The van der Waals surface area contributed by atoms with Gasteiger partial charge in [-0.3, -0.25) is 29.6 Å². The number of hydrogen-bond donors (Lipinski definition) is 5. The van der Waals surface area contributed by atoms with Crippen molar-refractivity contribution in [3.63, 3.8) is 0 Å². The Morgan fingerprint density at radius 3 is 1.15 bits per heavy atom. The van der Waals surface area contributed by atoms with Gasteiger partial charge in [-0.25, -0.2) is 0 Å². The van der Waals surface area contributed by atoms with E-state index < -0.39 is 0 Å². The molecule has 3 aromatic carbocycles. The summed E-state index contributed by atoms with van der Waals surface area (Å²) in [4.78, 5) is 38.3. The van der Waals surface area contributed by atoms with E-state index in [2.05, 4.69) is 41.7 Å². The smallest absolute Gasteiger partial charge is 0 e. The molecule has 4 rings (SSSR count). The van der Waals surface area contributed by atoms with E-state index >= 15 is 0 Å². The molecule has 2 radical (unpaired) electrons. The fraction of sp³-hybridized carbons (Fsp3) is 0.314. The molecule has 0 aromatic heterocycles. The number of hydrogen-bond acceptors (Lipinski definition) is 11. The Bertz CT molecular complexity index is 1520. The second-order valence-corrected chi connectivity index (χ2v) is 12.3. The summed E-state index contributed by atoms with van der Waals surface area (Å²) in [7, 11) is 17.7. The zero-order valence-electron chi connectivity index (χ0n) is 29.2. The number of halogens is 4. The van der Waals surface area contributed by atoms with Crippen molar-refractivity contribution in [1.82, 2.24) is 0 Å². The molecule has 0 amide bonds. The van der Waals surface area contributed by atoms with E-state index in [4.69, 9.17) is 31.8 Å². The maximum atomic E-state index is 10.5. The molecule has 299 valence electrons. The van der Waals surface area contributed by atoms with E-state index in [0.29, 0.717) is 73.9 Å². The standard InChI is InChI=1S/C23H26N4O2.C9H8O3.C3H10N2.Cl2.2ClH.3Co/c1-16-8-18-12-24-4-3-5-25-13-19-9-17(2)11-21(23(19)29)15-27-7-6-26-14-20(10-16)22(18)28;1-6-2-7(4-10)9(12)8(3-6)5-11;4-2-1-3-5;1-2;;;;;/h8-15,28-29H,3-7H2,1-2H3;2-5,12H,1H3;1-5H2;;2*1H;;;/q;;;;;;;;+2/p-2. The monoisotopic (exact) mass is 945 g/mol. The second-order valence-electron chi connectivity index (χ2n) is 10.6. The first-order valence-electron chi connectivity index (χ1n) is 15.3. The maximum absolute atomic E-state index is 10.5. The van der Waals surface area contributed by atoms with Gasteiger partial charge in [0, 0.05) is 115 Å². The molecular formula is C35H44Cl4Co3N6O5. The van der Waals surface area contributed by atoms with Crippen LogP contribution in [0.5, 0.6) is 17.2 Å². The Morgan fingerprint density at radius 2 is 0.887 bits per heavy atom. The predicted octanol–water partition coefficient (Wildman–Crippen LogP) is 6.86. The van der Waals surface area contributed by atoms with E-state index in [1.165, 1.54) is 12.1 Å². The molecule has 0 saturated carbocycles. The van der Waals surface area contributed by atoms with Crippen LogP contribution in [0.4, 0.5) is 0 Å². The first-order valence-corrected chi connectivity index (χ1v) is 19.4. The van der Waals surface area contributed by atoms with Gasteiger partial charge in [0.05, 0.1) is 24.2 Å². The molecule has 7 N–H and O–H groups in total. The number of carbonyl (C=O) groups is 2. The van der Waals surface area contributed by atoms with Crippen LogP contribution in [0.15, 0.2) is 56.4 Å². The fourth-order valence-electron chi connectivity index (χ4n) is 4.22. The summed E-state index contributed by atoms with van der Waals surface area (Å²) in [5.41, 5.74) is 16.0. The van der Waals surface area contributed by atoms with Crippen molar-refractivity contribution in [3.8, 4) is 17.2 Å². The van der Waals surface area contributed by atoms with E-state index in [1.54, 1.807) is 31.8 Å². The quantitative estimate of drug-likeness (QED) is 0.176. The van der Waals surface area contributed by atoms with Gasteiger partial charge in [0.2, 0.25) is 0 Å². The van der Waals surface area contributed by atoms with Crippen LogP contribution in [0.25, 0.3) is 0 Å². The average molecular weight is 947 g/mol. The van der Waals surface area contributed by atoms with Crippen LogP contribution in [0.3, 0.4) is 0 Å². The summed E-state index contributed by atoms with van der Waals surface area (Å²) >= 11 is 0.382. The third kappa shape index (κ3) is 22.6. The Morgan fingerprint density at radius 1 is 0.604 bits per heavy atom. The number of phenolic OH excluding ortho intramolecular Hbond substituents is 3. The molecule has 1 aliphatic rings. The number of fused-ring (bicyclic) bond motifs is 4. The van der Waals surface area contributed by atoms with Crippen molar-refractivity contribution >= 4 is 79.4 Å². The Hall–Kier alpha value is -2.32. The number of phenols is 3. The predicted molar refractivity (Wildman–Crippen MR) is 210 cm³/mol. The summed E-state index contributed by atoms with van der Waals surface area (Å²) in [6, 6.07) is 10.6. The molecule has 1 aliphatic heterocycles. The van der Waals surface area contributed by atoms with Crippen LogP contribution < -0.4 is 11.5 Å². The zero-order valence-corrected chi connectivity index (χ0v) is 35.3. The molecule has 0 unspecified atom stereocenters. The van der Waals surface area contributed by atoms with Crippen molar-refractivity contribution in [3.05, 3.63) is 86.5 Å². The third-order valence-corrected chi connectivity index (χ3v) is 6.46. The summed E-state index contributed by atoms with van der Waals surface area (Å²) in [6.07, 6.45) is 9.49. The molecule has 0 saturated heterocycles. The topological polar surface area (TPSA) is 196 Å². The summed E-state index contributed by atoms with van der Waals surface area (Å²) < 4.78 is 0. The van der Waals surface area contributed by atoms with Crippen molar-refractivity contribution in [2.45, 2.75) is 33.6 Å². The van der Waals surface area contributed by atoms with Gasteiger partial charge in [0.15, 0.2) is 12.6 Å². The van der Waals surface area contributed by atoms with Crippen molar-refractivity contribution in [1.29, 1.82) is 0 Å². The first kappa shape index (κ1) is 55.0. The molecule has 0 aliphatic carbocycles. The first-order chi connectivity index (χ1) is 24.6. The molecule has 18 heteroatoms. The molecule has 0 spiro atoms. The molecule has 0 fully saturated rings. The largest absolute Gasteiger partial charge is 0 e. The van der Waals surface area contributed by atoms with E-state index in [0.717, 1.165) is 42.6 Å².